The summed E-state index contributed by atoms with van der Waals surface area (Å²) in [5.41, 5.74) is 0.406. The maximum Gasteiger partial charge on any atom is 0.200 e. The molecule has 0 aliphatic rings. The maximum absolute atomic E-state index is 14.0. The first-order valence-corrected chi connectivity index (χ1v) is 9.37. The summed E-state index contributed by atoms with van der Waals surface area (Å²) in [6.45, 7) is 2.38. The summed E-state index contributed by atoms with van der Waals surface area (Å²) in [6, 6.07) is 3.87. The van der Waals surface area contributed by atoms with Crippen LogP contribution in [0, 0.1) is 48.8 Å². The third-order valence-corrected chi connectivity index (χ3v) is 4.90. The third kappa shape index (κ3) is 4.47. The summed E-state index contributed by atoms with van der Waals surface area (Å²) in [5, 5.41) is 9.65. The minimum Gasteiger partial charge on any atom is -0.332 e. The van der Waals surface area contributed by atoms with E-state index >= 15 is 0 Å². The molecule has 3 aromatic rings. The normalized spacial score (nSPS) is 11.0. The number of aromatic nitrogens is 2. The summed E-state index contributed by atoms with van der Waals surface area (Å²) in [6.07, 6.45) is 0. The minimum absolute atomic E-state index is 0.0738. The van der Waals surface area contributed by atoms with Crippen molar-refractivity contribution in [2.24, 2.45) is 0 Å². The first kappa shape index (κ1) is 22.9. The average molecular weight is 479 g/mol. The fourth-order valence-corrected chi connectivity index (χ4v) is 3.22. The molecule has 12 heteroatoms. The van der Waals surface area contributed by atoms with Crippen LogP contribution in [-0.2, 0) is 6.54 Å². The van der Waals surface area contributed by atoms with Gasteiger partial charge in [-0.15, -0.1) is 0 Å². The van der Waals surface area contributed by atoms with Gasteiger partial charge in [0, 0.05) is 5.69 Å². The highest BCUT2D eigenvalue weighted by atomic mass is 35.5. The molecule has 0 bridgehead atoms. The molecule has 4 nitrogen and oxygen atoms in total. The van der Waals surface area contributed by atoms with Gasteiger partial charge in [-0.1, -0.05) is 11.6 Å². The Balaban J connectivity index is 1.84. The number of hydrogen-bond donors (Lipinski definition) is 2. The molecule has 2 N–H and O–H groups in total. The molecule has 31 heavy (non-hydrogen) atoms. The molecule has 0 saturated carbocycles. The molecular weight excluding hydrogens is 466 g/mol. The zero-order valence-corrected chi connectivity index (χ0v) is 17.5. The number of thiocarbonyl (C=S) groups is 1. The molecule has 2 aromatic carbocycles. The van der Waals surface area contributed by atoms with Crippen LogP contribution in [0.1, 0.15) is 17.0 Å². The molecule has 0 unspecified atom stereocenters. The lowest BCUT2D eigenvalue weighted by atomic mass is 10.1. The first-order valence-electron chi connectivity index (χ1n) is 8.58. The van der Waals surface area contributed by atoms with E-state index < -0.39 is 47.0 Å². The van der Waals surface area contributed by atoms with Crippen LogP contribution in [0.5, 0.6) is 0 Å². The highest BCUT2D eigenvalue weighted by molar-refractivity contribution is 7.80. The molecular formula is C19H13ClF6N4S. The predicted octanol–water partition coefficient (Wildman–Crippen LogP) is 5.85. The molecule has 0 aliphatic carbocycles. The number of benzene rings is 2. The van der Waals surface area contributed by atoms with Gasteiger partial charge in [0.05, 0.1) is 34.2 Å². The second-order valence-corrected chi connectivity index (χ2v) is 7.28. The van der Waals surface area contributed by atoms with Gasteiger partial charge in [0.25, 0.3) is 0 Å². The number of hydrogen-bond acceptors (Lipinski definition) is 2. The number of anilines is 2. The van der Waals surface area contributed by atoms with E-state index in [2.05, 4.69) is 15.7 Å². The van der Waals surface area contributed by atoms with Crippen molar-refractivity contribution in [3.05, 3.63) is 75.1 Å². The van der Waals surface area contributed by atoms with E-state index in [1.807, 2.05) is 0 Å². The Labute approximate surface area is 182 Å². The topological polar surface area (TPSA) is 41.9 Å². The van der Waals surface area contributed by atoms with Gasteiger partial charge in [-0.05, 0) is 44.3 Å². The Morgan fingerprint density at radius 3 is 2.13 bits per heavy atom. The summed E-state index contributed by atoms with van der Waals surface area (Å²) in [4.78, 5) is 0. The highest BCUT2D eigenvalue weighted by Crippen LogP contribution is 2.26. The highest BCUT2D eigenvalue weighted by Gasteiger charge is 2.26. The van der Waals surface area contributed by atoms with Gasteiger partial charge < -0.3 is 10.6 Å². The van der Waals surface area contributed by atoms with Gasteiger partial charge in [0.15, 0.2) is 28.4 Å². The lowest BCUT2D eigenvalue weighted by Crippen LogP contribution is -2.20. The van der Waals surface area contributed by atoms with Gasteiger partial charge in [0.1, 0.15) is 5.82 Å². The van der Waals surface area contributed by atoms with Crippen LogP contribution in [0.3, 0.4) is 0 Å². The molecule has 164 valence electrons. The van der Waals surface area contributed by atoms with Crippen LogP contribution < -0.4 is 10.6 Å². The van der Waals surface area contributed by atoms with Crippen LogP contribution in [0.4, 0.5) is 37.7 Å². The molecule has 1 heterocycles. The monoisotopic (exact) mass is 478 g/mol. The van der Waals surface area contributed by atoms with Gasteiger partial charge in [0.2, 0.25) is 5.82 Å². The quantitative estimate of drug-likeness (QED) is 0.214. The lowest BCUT2D eigenvalue weighted by molar-refractivity contribution is 0.366. The van der Waals surface area contributed by atoms with Crippen LogP contribution in [0.2, 0.25) is 5.02 Å². The van der Waals surface area contributed by atoms with Crippen LogP contribution in [0.15, 0.2) is 18.2 Å². The van der Waals surface area contributed by atoms with E-state index in [1.54, 1.807) is 6.92 Å². The van der Waals surface area contributed by atoms with Crippen LogP contribution >= 0.6 is 23.8 Å². The summed E-state index contributed by atoms with van der Waals surface area (Å²) >= 11 is 10.9. The predicted molar refractivity (Wildman–Crippen MR) is 108 cm³/mol. The Morgan fingerprint density at radius 2 is 1.55 bits per heavy atom. The van der Waals surface area contributed by atoms with Crippen molar-refractivity contribution in [2.75, 3.05) is 10.6 Å². The molecule has 1 aromatic heterocycles. The fraction of sp³-hybridized carbons (Fsp3) is 0.158. The number of aryl methyl sites for hydroxylation is 1. The molecule has 0 spiro atoms. The van der Waals surface area contributed by atoms with Gasteiger partial charge in [-0.2, -0.15) is 5.10 Å². The molecule has 0 aliphatic heterocycles. The van der Waals surface area contributed by atoms with Crippen molar-refractivity contribution in [1.29, 1.82) is 0 Å². The molecule has 0 fully saturated rings. The standard InChI is InChI=1S/C19H13ClF6N4S/c1-7-18(28-19(31)27-9-3-4-12(21)11(20)5-9)8(2)30(29-7)6-10-13(22)15(24)17(26)16(25)14(10)23/h3-5H,6H2,1-2H3,(H2,27,28,31). The van der Waals surface area contributed by atoms with Crippen LogP contribution in [-0.4, -0.2) is 14.9 Å². The van der Waals surface area contributed by atoms with E-state index in [0.717, 1.165) is 10.7 Å². The SMILES string of the molecule is Cc1nn(Cc2c(F)c(F)c(F)c(F)c2F)c(C)c1NC(=S)Nc1ccc(F)c(Cl)c1. The summed E-state index contributed by atoms with van der Waals surface area (Å²) in [5.74, 6) is -10.7. The fourth-order valence-electron chi connectivity index (χ4n) is 2.82. The zero-order valence-electron chi connectivity index (χ0n) is 15.9. The number of rotatable bonds is 4. The number of halogens is 7. The van der Waals surface area contributed by atoms with Gasteiger partial charge >= 0.3 is 0 Å². The van der Waals surface area contributed by atoms with E-state index in [-0.39, 0.29) is 10.1 Å². The Kier molecular flexibility index (Phi) is 6.46. The Hall–Kier alpha value is -2.79. The maximum atomic E-state index is 14.0. The largest absolute Gasteiger partial charge is 0.332 e. The van der Waals surface area contributed by atoms with E-state index in [1.165, 1.54) is 19.1 Å². The van der Waals surface area contributed by atoms with E-state index in [0.29, 0.717) is 22.8 Å². The Morgan fingerprint density at radius 1 is 0.968 bits per heavy atom. The summed E-state index contributed by atoms with van der Waals surface area (Å²) in [7, 11) is 0. The molecule has 0 saturated heterocycles. The van der Waals surface area contributed by atoms with E-state index in [9.17, 15) is 26.3 Å². The lowest BCUT2D eigenvalue weighted by Gasteiger charge is -2.12. The van der Waals surface area contributed by atoms with Gasteiger partial charge in [-0.25, -0.2) is 26.3 Å². The van der Waals surface area contributed by atoms with Crippen molar-refractivity contribution >= 4 is 40.3 Å². The second-order valence-electron chi connectivity index (χ2n) is 6.46. The molecule has 0 atom stereocenters. The first-order chi connectivity index (χ1) is 14.5. The van der Waals surface area contributed by atoms with Crippen molar-refractivity contribution in [3.8, 4) is 0 Å². The van der Waals surface area contributed by atoms with Crippen LogP contribution in [0.25, 0.3) is 0 Å². The number of nitrogens with zero attached hydrogens (tertiary/aromatic N) is 2. The minimum atomic E-state index is -2.23. The second kappa shape index (κ2) is 8.75. The van der Waals surface area contributed by atoms with E-state index in [4.69, 9.17) is 23.8 Å². The van der Waals surface area contributed by atoms with Gasteiger partial charge in [-0.3, -0.25) is 4.68 Å². The smallest absolute Gasteiger partial charge is 0.200 e. The van der Waals surface area contributed by atoms with Crippen molar-refractivity contribution < 1.29 is 26.3 Å². The average Bonchev–Trinajstić information content (AvgIpc) is 2.98. The van der Waals surface area contributed by atoms with Crippen molar-refractivity contribution in [1.82, 2.24) is 9.78 Å². The Bertz CT molecular complexity index is 1170. The molecule has 3 rings (SSSR count). The molecule has 0 amide bonds. The third-order valence-electron chi connectivity index (χ3n) is 4.41. The van der Waals surface area contributed by atoms with Crippen molar-refractivity contribution in [2.45, 2.75) is 20.4 Å². The number of nitrogens with one attached hydrogen (secondary N) is 2. The molecule has 0 radical (unpaired) electrons. The summed E-state index contributed by atoms with van der Waals surface area (Å²) < 4.78 is 82.5. The van der Waals surface area contributed by atoms with Crippen molar-refractivity contribution in [3.63, 3.8) is 0 Å². The zero-order chi connectivity index (χ0) is 23.0.